The minimum absolute atomic E-state index is 0.00752. The first-order valence-corrected chi connectivity index (χ1v) is 8.41. The van der Waals surface area contributed by atoms with E-state index < -0.39 is 27.6 Å². The second-order valence-electron chi connectivity index (χ2n) is 5.15. The molecule has 0 radical (unpaired) electrons. The third-order valence-electron chi connectivity index (χ3n) is 3.36. The van der Waals surface area contributed by atoms with Crippen LogP contribution in [0.3, 0.4) is 0 Å². The fraction of sp³-hybridized carbons (Fsp3) is 0.462. The maximum absolute atomic E-state index is 12.8. The Bertz CT molecular complexity index is 659. The molecule has 1 aromatic rings. The average Bonchev–Trinajstić information content (AvgIpc) is 2.75. The molecule has 0 aliphatic carbocycles. The van der Waals surface area contributed by atoms with Crippen LogP contribution in [0.1, 0.15) is 12.0 Å². The number of carbonyl (C=O) groups is 1. The van der Waals surface area contributed by atoms with Gasteiger partial charge in [0.1, 0.15) is 0 Å². The number of hydrogen-bond donors (Lipinski definition) is 2. The first kappa shape index (κ1) is 16.6. The van der Waals surface area contributed by atoms with Gasteiger partial charge in [0.05, 0.1) is 22.8 Å². The van der Waals surface area contributed by atoms with Crippen LogP contribution in [0.2, 0.25) is 0 Å². The Morgan fingerprint density at radius 2 is 1.95 bits per heavy atom. The lowest BCUT2D eigenvalue weighted by molar-refractivity contribution is -0.136. The Labute approximate surface area is 125 Å². The Morgan fingerprint density at radius 1 is 1.27 bits per heavy atom. The largest absolute Gasteiger partial charge is 0.418 e. The van der Waals surface area contributed by atoms with Gasteiger partial charge in [0.25, 0.3) is 0 Å². The molecule has 1 fully saturated rings. The van der Waals surface area contributed by atoms with E-state index in [0.29, 0.717) is 6.42 Å². The van der Waals surface area contributed by atoms with E-state index in [-0.39, 0.29) is 29.7 Å². The van der Waals surface area contributed by atoms with Gasteiger partial charge in [0.15, 0.2) is 9.84 Å². The van der Waals surface area contributed by atoms with Crippen molar-refractivity contribution in [2.45, 2.75) is 12.6 Å². The SMILES string of the molecule is O=C(NCC1CCS(=O)(=O)C1)Nc1ccccc1C(F)(F)F. The van der Waals surface area contributed by atoms with Crippen molar-refractivity contribution in [2.24, 2.45) is 5.92 Å². The van der Waals surface area contributed by atoms with Crippen LogP contribution in [0.15, 0.2) is 24.3 Å². The standard InChI is InChI=1S/C13H15F3N2O3S/c14-13(15,16)10-3-1-2-4-11(10)18-12(19)17-7-9-5-6-22(20,21)8-9/h1-4,9H,5-8H2,(H2,17,18,19). The second-order valence-corrected chi connectivity index (χ2v) is 7.38. The lowest BCUT2D eigenvalue weighted by atomic mass is 10.1. The number of anilines is 1. The van der Waals surface area contributed by atoms with E-state index in [4.69, 9.17) is 0 Å². The predicted octanol–water partition coefficient (Wildman–Crippen LogP) is 2.26. The fourth-order valence-electron chi connectivity index (χ4n) is 2.28. The molecule has 122 valence electrons. The summed E-state index contributed by atoms with van der Waals surface area (Å²) in [5, 5.41) is 4.55. The van der Waals surface area contributed by atoms with Crippen molar-refractivity contribution >= 4 is 21.6 Å². The number of nitrogens with one attached hydrogen (secondary N) is 2. The molecule has 0 saturated carbocycles. The van der Waals surface area contributed by atoms with Gasteiger partial charge in [0.2, 0.25) is 0 Å². The molecule has 0 bridgehead atoms. The van der Waals surface area contributed by atoms with Gasteiger partial charge in [-0.2, -0.15) is 13.2 Å². The molecule has 1 aliphatic heterocycles. The Kier molecular flexibility index (Phi) is 4.64. The van der Waals surface area contributed by atoms with Gasteiger partial charge < -0.3 is 10.6 Å². The third-order valence-corrected chi connectivity index (χ3v) is 5.20. The van der Waals surface area contributed by atoms with Crippen molar-refractivity contribution < 1.29 is 26.4 Å². The van der Waals surface area contributed by atoms with Crippen molar-refractivity contribution in [1.29, 1.82) is 0 Å². The number of benzene rings is 1. The monoisotopic (exact) mass is 336 g/mol. The topological polar surface area (TPSA) is 75.3 Å². The molecular weight excluding hydrogens is 321 g/mol. The number of alkyl halides is 3. The van der Waals surface area contributed by atoms with E-state index in [0.717, 1.165) is 12.1 Å². The summed E-state index contributed by atoms with van der Waals surface area (Å²) in [7, 11) is -3.05. The molecule has 1 saturated heterocycles. The van der Waals surface area contributed by atoms with Crippen LogP contribution in [-0.4, -0.2) is 32.5 Å². The van der Waals surface area contributed by atoms with Crippen molar-refractivity contribution in [3.05, 3.63) is 29.8 Å². The van der Waals surface area contributed by atoms with E-state index in [1.54, 1.807) is 0 Å². The maximum Gasteiger partial charge on any atom is 0.418 e. The number of carbonyl (C=O) groups excluding carboxylic acids is 1. The van der Waals surface area contributed by atoms with Crippen LogP contribution in [0, 0.1) is 5.92 Å². The molecule has 1 unspecified atom stereocenters. The molecule has 22 heavy (non-hydrogen) atoms. The van der Waals surface area contributed by atoms with Crippen molar-refractivity contribution in [3.63, 3.8) is 0 Å². The van der Waals surface area contributed by atoms with Gasteiger partial charge in [-0.3, -0.25) is 0 Å². The highest BCUT2D eigenvalue weighted by molar-refractivity contribution is 7.91. The smallest absolute Gasteiger partial charge is 0.338 e. The summed E-state index contributed by atoms with van der Waals surface area (Å²) in [5.74, 6) is -0.127. The number of sulfone groups is 1. The molecule has 1 atom stereocenters. The molecule has 9 heteroatoms. The predicted molar refractivity (Wildman–Crippen MR) is 75.2 cm³/mol. The van der Waals surface area contributed by atoms with E-state index in [2.05, 4.69) is 10.6 Å². The van der Waals surface area contributed by atoms with Crippen LogP contribution >= 0.6 is 0 Å². The number of urea groups is 1. The summed E-state index contributed by atoms with van der Waals surface area (Å²) in [6.07, 6.45) is -4.12. The molecule has 1 aliphatic rings. The zero-order chi connectivity index (χ0) is 16.4. The normalized spacial score (nSPS) is 20.6. The van der Waals surface area contributed by atoms with E-state index in [9.17, 15) is 26.4 Å². The van der Waals surface area contributed by atoms with Gasteiger partial charge in [-0.25, -0.2) is 13.2 Å². The molecule has 1 heterocycles. The van der Waals surface area contributed by atoms with Crippen LogP contribution in [0.5, 0.6) is 0 Å². The molecular formula is C13H15F3N2O3S. The van der Waals surface area contributed by atoms with Gasteiger partial charge in [-0.1, -0.05) is 12.1 Å². The summed E-state index contributed by atoms with van der Waals surface area (Å²) >= 11 is 0. The summed E-state index contributed by atoms with van der Waals surface area (Å²) in [4.78, 5) is 11.7. The Balaban J connectivity index is 1.93. The van der Waals surface area contributed by atoms with Crippen molar-refractivity contribution in [3.8, 4) is 0 Å². The van der Waals surface area contributed by atoms with Crippen LogP contribution < -0.4 is 10.6 Å². The highest BCUT2D eigenvalue weighted by Crippen LogP contribution is 2.34. The van der Waals surface area contributed by atoms with Crippen LogP contribution in [0.4, 0.5) is 23.7 Å². The number of hydrogen-bond acceptors (Lipinski definition) is 3. The summed E-state index contributed by atoms with van der Waals surface area (Å²) < 4.78 is 60.9. The Morgan fingerprint density at radius 3 is 2.55 bits per heavy atom. The quantitative estimate of drug-likeness (QED) is 0.889. The molecule has 0 spiro atoms. The maximum atomic E-state index is 12.8. The molecule has 5 nitrogen and oxygen atoms in total. The van der Waals surface area contributed by atoms with Gasteiger partial charge in [0, 0.05) is 6.54 Å². The van der Waals surface area contributed by atoms with E-state index in [1.807, 2.05) is 0 Å². The summed E-state index contributed by atoms with van der Waals surface area (Å²) in [5.41, 5.74) is -1.28. The Hall–Kier alpha value is -1.77. The molecule has 0 aromatic heterocycles. The lowest BCUT2D eigenvalue weighted by Gasteiger charge is -2.15. The molecule has 1 aromatic carbocycles. The zero-order valence-corrected chi connectivity index (χ0v) is 12.3. The number of rotatable bonds is 3. The summed E-state index contributed by atoms with van der Waals surface area (Å²) in [6, 6.07) is 3.85. The van der Waals surface area contributed by atoms with Gasteiger partial charge in [-0.05, 0) is 24.5 Å². The number of halogens is 3. The first-order valence-electron chi connectivity index (χ1n) is 6.59. The molecule has 2 N–H and O–H groups in total. The van der Waals surface area contributed by atoms with Crippen LogP contribution in [-0.2, 0) is 16.0 Å². The average molecular weight is 336 g/mol. The summed E-state index contributed by atoms with van der Waals surface area (Å²) in [6.45, 7) is 0.110. The third kappa shape index (κ3) is 4.36. The van der Waals surface area contributed by atoms with Crippen molar-refractivity contribution in [1.82, 2.24) is 5.32 Å². The fourth-order valence-corrected chi connectivity index (χ4v) is 4.14. The molecule has 2 amide bonds. The number of para-hydroxylation sites is 1. The highest BCUT2D eigenvalue weighted by Gasteiger charge is 2.33. The van der Waals surface area contributed by atoms with Gasteiger partial charge in [-0.15, -0.1) is 0 Å². The second kappa shape index (κ2) is 6.15. The first-order chi connectivity index (χ1) is 10.2. The molecule has 2 rings (SSSR count). The van der Waals surface area contributed by atoms with E-state index in [1.165, 1.54) is 12.1 Å². The highest BCUT2D eigenvalue weighted by atomic mass is 32.2. The zero-order valence-electron chi connectivity index (χ0n) is 11.5. The van der Waals surface area contributed by atoms with Gasteiger partial charge >= 0.3 is 12.2 Å². The van der Waals surface area contributed by atoms with E-state index >= 15 is 0 Å². The minimum atomic E-state index is -4.57. The minimum Gasteiger partial charge on any atom is -0.338 e. The van der Waals surface area contributed by atoms with Crippen molar-refractivity contribution in [2.75, 3.05) is 23.4 Å². The van der Waals surface area contributed by atoms with Crippen LogP contribution in [0.25, 0.3) is 0 Å². The number of amides is 2. The lowest BCUT2D eigenvalue weighted by Crippen LogP contribution is -2.34.